The third-order valence-corrected chi connectivity index (χ3v) is 13.1. The molecule has 5 N–H and O–H groups in total. The van der Waals surface area contributed by atoms with Gasteiger partial charge in [0.15, 0.2) is 0 Å². The van der Waals surface area contributed by atoms with Crippen LogP contribution >= 0.6 is 0 Å². The summed E-state index contributed by atoms with van der Waals surface area (Å²) in [5, 5.41) is 22.7. The Morgan fingerprint density at radius 1 is 1.09 bits per heavy atom. The summed E-state index contributed by atoms with van der Waals surface area (Å²) >= 11 is 0. The third kappa shape index (κ3) is 5.86. The van der Waals surface area contributed by atoms with E-state index in [-0.39, 0.29) is 41.8 Å². The van der Waals surface area contributed by atoms with Crippen molar-refractivity contribution in [1.82, 2.24) is 0 Å². The molecule has 0 aromatic rings. The van der Waals surface area contributed by atoms with E-state index in [0.29, 0.717) is 37.5 Å². The van der Waals surface area contributed by atoms with Crippen LogP contribution in [-0.2, 0) is 28.9 Å². The molecule has 3 saturated carbocycles. The Hall–Kier alpha value is -1.34. The van der Waals surface area contributed by atoms with Gasteiger partial charge in [-0.3, -0.25) is 9.35 Å². The summed E-state index contributed by atoms with van der Waals surface area (Å²) < 4.78 is 49.4. The second-order valence-corrected chi connectivity index (χ2v) is 16.7. The molecule has 4 aliphatic carbocycles. The maximum absolute atomic E-state index is 13.2. The average molecular weight is 654 g/mol. The molecular formula is C34H55NO9S. The second kappa shape index (κ2) is 12.3. The van der Waals surface area contributed by atoms with Crippen molar-refractivity contribution in [2.45, 2.75) is 129 Å². The number of aliphatic hydroxyl groups is 1. The fourth-order valence-corrected chi connectivity index (χ4v) is 10.4. The van der Waals surface area contributed by atoms with Crippen molar-refractivity contribution in [1.29, 1.82) is 0 Å². The first-order valence-corrected chi connectivity index (χ1v) is 18.3. The van der Waals surface area contributed by atoms with Crippen molar-refractivity contribution in [2.24, 2.45) is 52.1 Å². The van der Waals surface area contributed by atoms with Crippen molar-refractivity contribution in [3.8, 4) is 0 Å². The highest BCUT2D eigenvalue weighted by Crippen LogP contribution is 2.72. The zero-order chi connectivity index (χ0) is 33.3. The van der Waals surface area contributed by atoms with Gasteiger partial charge in [-0.15, -0.1) is 0 Å². The van der Waals surface area contributed by atoms with E-state index >= 15 is 0 Å². The Balaban J connectivity index is 1.36. The summed E-state index contributed by atoms with van der Waals surface area (Å²) in [7, 11) is -4.66. The molecular weight excluding hydrogens is 598 g/mol. The molecule has 1 saturated heterocycles. The lowest BCUT2D eigenvalue weighted by atomic mass is 9.47. The van der Waals surface area contributed by atoms with E-state index < -0.39 is 51.7 Å². The number of carbonyl (C=O) groups is 1. The zero-order valence-electron chi connectivity index (χ0n) is 27.9. The summed E-state index contributed by atoms with van der Waals surface area (Å²) in [6, 6.07) is -0.773. The largest absolute Gasteiger partial charge is 0.481 e. The number of aliphatic hydroxyl groups excluding tert-OH is 1. The van der Waals surface area contributed by atoms with Gasteiger partial charge in [0.05, 0.1) is 30.3 Å². The number of ether oxygens (including phenoxy) is 2. The van der Waals surface area contributed by atoms with Crippen LogP contribution in [0.1, 0.15) is 93.4 Å². The topological polar surface area (TPSA) is 169 Å². The van der Waals surface area contributed by atoms with Gasteiger partial charge >= 0.3 is 16.4 Å². The number of aliphatic carboxylic acids is 1. The third-order valence-electron chi connectivity index (χ3n) is 12.6. The molecule has 1 aliphatic heterocycles. The minimum Gasteiger partial charge on any atom is -0.481 e. The van der Waals surface area contributed by atoms with Crippen LogP contribution in [0.3, 0.4) is 0 Å². The Bertz CT molecular complexity index is 1310. The average Bonchev–Trinajstić information content (AvgIpc) is 3.55. The maximum Gasteiger partial charge on any atom is 0.397 e. The number of carboxylic acid groups (broad SMARTS) is 1. The summed E-state index contributed by atoms with van der Waals surface area (Å²) in [6.07, 6.45) is 6.92. The summed E-state index contributed by atoms with van der Waals surface area (Å²) in [4.78, 5) is 13.2. The van der Waals surface area contributed by atoms with Gasteiger partial charge in [0, 0.05) is 11.8 Å². The van der Waals surface area contributed by atoms with Gasteiger partial charge in [0.1, 0.15) is 17.8 Å². The van der Waals surface area contributed by atoms with Crippen LogP contribution in [0.15, 0.2) is 23.3 Å². The number of hydrogen-bond acceptors (Lipinski definition) is 8. The number of hydrogen-bond donors (Lipinski definition) is 4. The molecule has 0 aromatic heterocycles. The van der Waals surface area contributed by atoms with Crippen LogP contribution in [0.4, 0.5) is 0 Å². The first-order chi connectivity index (χ1) is 20.9. The lowest BCUT2D eigenvalue weighted by molar-refractivity contribution is -0.151. The van der Waals surface area contributed by atoms with Crippen LogP contribution in [0.2, 0.25) is 0 Å². The van der Waals surface area contributed by atoms with Gasteiger partial charge in [0.25, 0.3) is 0 Å². The smallest absolute Gasteiger partial charge is 0.397 e. The van der Waals surface area contributed by atoms with Gasteiger partial charge in [-0.05, 0) is 79.6 Å². The fourth-order valence-electron chi connectivity index (χ4n) is 9.74. The first-order valence-electron chi connectivity index (χ1n) is 16.9. The minimum atomic E-state index is -4.66. The van der Waals surface area contributed by atoms with Gasteiger partial charge in [-0.25, -0.2) is 4.18 Å². The number of carboxylic acids is 1. The Labute approximate surface area is 269 Å². The van der Waals surface area contributed by atoms with Crippen molar-refractivity contribution in [2.75, 3.05) is 6.61 Å². The Morgan fingerprint density at radius 3 is 2.38 bits per heavy atom. The van der Waals surface area contributed by atoms with E-state index in [1.165, 1.54) is 0 Å². The highest BCUT2D eigenvalue weighted by Gasteiger charge is 2.78. The number of rotatable bonds is 12. The molecule has 45 heavy (non-hydrogen) atoms. The first kappa shape index (κ1) is 35.0. The molecule has 5 rings (SSSR count). The molecule has 1 spiro atoms. The molecule has 0 radical (unpaired) electrons. The van der Waals surface area contributed by atoms with Crippen LogP contribution in [0, 0.1) is 46.3 Å². The van der Waals surface area contributed by atoms with E-state index in [2.05, 4.69) is 46.8 Å². The molecule has 11 heteroatoms. The van der Waals surface area contributed by atoms with E-state index in [4.69, 9.17) is 19.4 Å². The van der Waals surface area contributed by atoms with Crippen LogP contribution in [0.25, 0.3) is 0 Å². The summed E-state index contributed by atoms with van der Waals surface area (Å²) in [6.45, 7) is 14.6. The SMILES string of the molecule is CC(C)[C@@H](C)/C=C/[C@@H](C)[C@H]1CCC2=C3[C@@H](O)[C@@H]4O[C@@]45C[C@@H](OC[C@@H](N)[C@@H](OS(=O)(=O)O)C(C)C)CC[C@]5(C)[C@@H]3CC[C@@]21C(=O)O. The quantitative estimate of drug-likeness (QED) is 0.129. The monoisotopic (exact) mass is 653 g/mol. The molecule has 4 fully saturated rings. The Morgan fingerprint density at radius 2 is 1.78 bits per heavy atom. The number of epoxide rings is 1. The lowest BCUT2D eigenvalue weighted by Gasteiger charge is -2.55. The van der Waals surface area contributed by atoms with Crippen molar-refractivity contribution in [3.63, 3.8) is 0 Å². The maximum atomic E-state index is 13.2. The number of fused-ring (bicyclic) bond motifs is 3. The molecule has 256 valence electrons. The molecule has 12 atom stereocenters. The summed E-state index contributed by atoms with van der Waals surface area (Å²) in [5.74, 6) is 0.0343. The van der Waals surface area contributed by atoms with Crippen LogP contribution < -0.4 is 5.73 Å². The van der Waals surface area contributed by atoms with Crippen LogP contribution in [-0.4, -0.2) is 71.8 Å². The normalized spacial score (nSPS) is 40.5. The highest BCUT2D eigenvalue weighted by molar-refractivity contribution is 7.80. The van der Waals surface area contributed by atoms with Crippen molar-refractivity contribution >= 4 is 16.4 Å². The number of allylic oxidation sites excluding steroid dienone is 2. The summed E-state index contributed by atoms with van der Waals surface area (Å²) in [5.41, 5.74) is 6.35. The molecule has 10 nitrogen and oxygen atoms in total. The lowest BCUT2D eigenvalue weighted by Crippen LogP contribution is -2.59. The predicted octanol–water partition coefficient (Wildman–Crippen LogP) is 4.92. The van der Waals surface area contributed by atoms with E-state index in [9.17, 15) is 28.0 Å². The highest BCUT2D eigenvalue weighted by atomic mass is 32.3. The Kier molecular flexibility index (Phi) is 9.54. The van der Waals surface area contributed by atoms with E-state index in [0.717, 1.165) is 30.4 Å². The number of nitrogens with two attached hydrogens (primary N) is 1. The van der Waals surface area contributed by atoms with E-state index in [1.807, 2.05) is 0 Å². The molecule has 5 aliphatic rings. The van der Waals surface area contributed by atoms with Gasteiger partial charge < -0.3 is 25.4 Å². The van der Waals surface area contributed by atoms with Gasteiger partial charge in [0.2, 0.25) is 0 Å². The van der Waals surface area contributed by atoms with Crippen molar-refractivity contribution < 1.29 is 41.6 Å². The van der Waals surface area contributed by atoms with Crippen molar-refractivity contribution in [3.05, 3.63) is 23.3 Å². The minimum absolute atomic E-state index is 0.0197. The molecule has 0 bridgehead atoms. The second-order valence-electron chi connectivity index (χ2n) is 15.7. The van der Waals surface area contributed by atoms with E-state index in [1.54, 1.807) is 13.8 Å². The molecule has 1 heterocycles. The molecule has 0 amide bonds. The molecule has 0 unspecified atom stereocenters. The van der Waals surface area contributed by atoms with Gasteiger partial charge in [-0.1, -0.05) is 66.2 Å². The standard InChI is InChI=1S/C34H55NO9S/c1-18(2)20(5)8-9-21(6)23-10-11-25-27-24(13-15-33(23,25)31(37)38)32(7)14-12-22(16-34(32)30(43-34)28(27)36)42-17-26(35)29(19(3)4)44-45(39,40)41/h8-9,18-24,26,28-30,36H,10-17,35H2,1-7H3,(H,37,38)(H,39,40,41)/b9-8+/t20-,21+,22-,23+,24+,26+,28+,29-,30-,32+,33-,34-/m0/s1. The molecule has 0 aromatic carbocycles. The zero-order valence-corrected chi connectivity index (χ0v) is 28.8. The predicted molar refractivity (Wildman–Crippen MR) is 169 cm³/mol. The van der Waals surface area contributed by atoms with Gasteiger partial charge in [-0.2, -0.15) is 8.42 Å². The fraction of sp³-hybridized carbons (Fsp3) is 0.853. The van der Waals surface area contributed by atoms with Crippen LogP contribution in [0.5, 0.6) is 0 Å².